The third kappa shape index (κ3) is 5.13. The number of hydrogen-bond donors (Lipinski definition) is 1. The fourth-order valence-electron chi connectivity index (χ4n) is 2.58. The zero-order valence-corrected chi connectivity index (χ0v) is 15.8. The number of carbonyl (C=O) groups excluding carboxylic acids is 1. The van der Waals surface area contributed by atoms with Gasteiger partial charge < -0.3 is 4.74 Å². The third-order valence-corrected chi connectivity index (χ3v) is 4.25. The molecular weight excluding hydrogens is 328 g/mol. The molecule has 6 heteroatoms. The molecule has 2 aromatic rings. The van der Waals surface area contributed by atoms with Gasteiger partial charge in [0, 0.05) is 30.1 Å². The van der Waals surface area contributed by atoms with Crippen LogP contribution in [0.1, 0.15) is 42.3 Å². The average Bonchev–Trinajstić information content (AvgIpc) is 2.70. The number of nitrogens with zero attached hydrogens (tertiary/aromatic N) is 3. The number of nitrogens with one attached hydrogen (secondary N) is 1. The topological polar surface area (TPSA) is 66.8 Å². The number of pyridine rings is 1. The highest BCUT2D eigenvalue weighted by molar-refractivity contribution is 6.01. The maximum atomic E-state index is 12.1. The highest BCUT2D eigenvalue weighted by Gasteiger charge is 2.10. The lowest BCUT2D eigenvalue weighted by Crippen LogP contribution is -2.22. The van der Waals surface area contributed by atoms with Crippen LogP contribution in [-0.4, -0.2) is 41.7 Å². The van der Waals surface area contributed by atoms with Gasteiger partial charge in [-0.15, -0.1) is 0 Å². The highest BCUT2D eigenvalue weighted by Crippen LogP contribution is 2.22. The molecule has 0 radical (unpaired) electrons. The van der Waals surface area contributed by atoms with Crippen LogP contribution in [0.3, 0.4) is 0 Å². The third-order valence-electron chi connectivity index (χ3n) is 4.25. The summed E-state index contributed by atoms with van der Waals surface area (Å²) in [5.41, 5.74) is 5.89. The summed E-state index contributed by atoms with van der Waals surface area (Å²) in [6.45, 7) is 8.90. The van der Waals surface area contributed by atoms with E-state index in [1.165, 1.54) is 0 Å². The van der Waals surface area contributed by atoms with Crippen LogP contribution >= 0.6 is 0 Å². The number of rotatable bonds is 8. The van der Waals surface area contributed by atoms with Crippen molar-refractivity contribution in [2.24, 2.45) is 5.10 Å². The quantitative estimate of drug-likeness (QED) is 0.584. The van der Waals surface area contributed by atoms with Gasteiger partial charge in [0.05, 0.1) is 12.8 Å². The van der Waals surface area contributed by atoms with Crippen LogP contribution in [0.25, 0.3) is 0 Å². The van der Waals surface area contributed by atoms with Crippen LogP contribution in [0.15, 0.2) is 47.8 Å². The van der Waals surface area contributed by atoms with Crippen LogP contribution in [0.2, 0.25) is 0 Å². The largest absolute Gasteiger partial charge is 0.496 e. The van der Waals surface area contributed by atoms with Crippen LogP contribution in [0.4, 0.5) is 0 Å². The van der Waals surface area contributed by atoms with Gasteiger partial charge in [-0.05, 0) is 55.9 Å². The number of hydrazone groups is 1. The van der Waals surface area contributed by atoms with Gasteiger partial charge in [0.2, 0.25) is 0 Å². The molecule has 1 aromatic carbocycles. The van der Waals surface area contributed by atoms with E-state index in [-0.39, 0.29) is 5.91 Å². The fourth-order valence-corrected chi connectivity index (χ4v) is 2.58. The number of methoxy groups -OCH3 is 1. The Morgan fingerprint density at radius 1 is 1.15 bits per heavy atom. The Bertz CT molecular complexity index is 756. The SMILES string of the molecule is CCN(CC)Cc1cc(/C(C)=N\NC(=O)c2ccncc2)ccc1OC. The van der Waals surface area contributed by atoms with E-state index in [0.717, 1.165) is 42.2 Å². The molecule has 2 rings (SSSR count). The first-order valence-corrected chi connectivity index (χ1v) is 8.73. The summed E-state index contributed by atoms with van der Waals surface area (Å²) >= 11 is 0. The molecule has 0 unspecified atom stereocenters. The molecule has 1 heterocycles. The summed E-state index contributed by atoms with van der Waals surface area (Å²) in [6, 6.07) is 9.25. The summed E-state index contributed by atoms with van der Waals surface area (Å²) in [5, 5.41) is 4.23. The number of amides is 1. The van der Waals surface area contributed by atoms with E-state index in [4.69, 9.17) is 4.74 Å². The van der Waals surface area contributed by atoms with Gasteiger partial charge in [-0.3, -0.25) is 14.7 Å². The van der Waals surface area contributed by atoms with Crippen molar-refractivity contribution in [2.45, 2.75) is 27.3 Å². The van der Waals surface area contributed by atoms with Crippen molar-refractivity contribution in [3.63, 3.8) is 0 Å². The molecule has 6 nitrogen and oxygen atoms in total. The van der Waals surface area contributed by atoms with Crippen LogP contribution in [0, 0.1) is 0 Å². The number of hydrogen-bond acceptors (Lipinski definition) is 5. The van der Waals surface area contributed by atoms with Gasteiger partial charge in [0.1, 0.15) is 5.75 Å². The molecule has 26 heavy (non-hydrogen) atoms. The summed E-state index contributed by atoms with van der Waals surface area (Å²) in [7, 11) is 1.68. The van der Waals surface area contributed by atoms with Gasteiger partial charge in [0.15, 0.2) is 0 Å². The summed E-state index contributed by atoms with van der Waals surface area (Å²) < 4.78 is 5.48. The van der Waals surface area contributed by atoms with Gasteiger partial charge >= 0.3 is 0 Å². The van der Waals surface area contributed by atoms with E-state index in [2.05, 4.69) is 40.3 Å². The predicted octanol–water partition coefficient (Wildman–Crippen LogP) is 3.09. The summed E-state index contributed by atoms with van der Waals surface area (Å²) in [5.74, 6) is 0.595. The van der Waals surface area contributed by atoms with Crippen LogP contribution in [-0.2, 0) is 6.54 Å². The molecule has 0 saturated carbocycles. The lowest BCUT2D eigenvalue weighted by molar-refractivity contribution is 0.0954. The average molecular weight is 354 g/mol. The number of aromatic nitrogens is 1. The Labute approximate surface area is 154 Å². The minimum atomic E-state index is -0.261. The van der Waals surface area contributed by atoms with Crippen molar-refractivity contribution in [3.05, 3.63) is 59.4 Å². The second-order valence-corrected chi connectivity index (χ2v) is 5.86. The van der Waals surface area contributed by atoms with E-state index < -0.39 is 0 Å². The van der Waals surface area contributed by atoms with Gasteiger partial charge in [-0.2, -0.15) is 5.10 Å². The number of ether oxygens (including phenoxy) is 1. The van der Waals surface area contributed by atoms with E-state index in [1.54, 1.807) is 31.6 Å². The van der Waals surface area contributed by atoms with Gasteiger partial charge in [-0.25, -0.2) is 5.43 Å². The van der Waals surface area contributed by atoms with Crippen molar-refractivity contribution in [2.75, 3.05) is 20.2 Å². The van der Waals surface area contributed by atoms with Crippen LogP contribution in [0.5, 0.6) is 5.75 Å². The molecule has 0 atom stereocenters. The monoisotopic (exact) mass is 354 g/mol. The summed E-state index contributed by atoms with van der Waals surface area (Å²) in [4.78, 5) is 18.3. The minimum Gasteiger partial charge on any atom is -0.496 e. The molecule has 1 N–H and O–H groups in total. The van der Waals surface area contributed by atoms with Gasteiger partial charge in [-0.1, -0.05) is 13.8 Å². The van der Waals surface area contributed by atoms with Crippen molar-refractivity contribution in [1.29, 1.82) is 0 Å². The predicted molar refractivity (Wildman–Crippen MR) is 104 cm³/mol. The molecule has 0 aliphatic heterocycles. The molecule has 0 saturated heterocycles. The van der Waals surface area contributed by atoms with E-state index in [0.29, 0.717) is 5.56 Å². The molecular formula is C20H26N4O2. The first-order chi connectivity index (χ1) is 12.6. The maximum absolute atomic E-state index is 12.1. The number of benzene rings is 1. The molecule has 0 fully saturated rings. The van der Waals surface area contributed by atoms with Crippen molar-refractivity contribution in [1.82, 2.24) is 15.3 Å². The summed E-state index contributed by atoms with van der Waals surface area (Å²) in [6.07, 6.45) is 3.16. The van der Waals surface area contributed by atoms with Crippen molar-refractivity contribution in [3.8, 4) is 5.75 Å². The molecule has 0 aliphatic rings. The molecule has 138 valence electrons. The second kappa shape index (κ2) is 9.68. The molecule has 0 spiro atoms. The normalized spacial score (nSPS) is 11.5. The Morgan fingerprint density at radius 2 is 1.85 bits per heavy atom. The molecule has 0 aliphatic carbocycles. The van der Waals surface area contributed by atoms with E-state index in [9.17, 15) is 4.79 Å². The first kappa shape index (κ1) is 19.6. The molecule has 1 aromatic heterocycles. The zero-order valence-electron chi connectivity index (χ0n) is 15.8. The molecule has 1 amide bonds. The smallest absolute Gasteiger partial charge is 0.271 e. The number of carbonyl (C=O) groups is 1. The highest BCUT2D eigenvalue weighted by atomic mass is 16.5. The zero-order chi connectivity index (χ0) is 18.9. The fraction of sp³-hybridized carbons (Fsp3) is 0.350. The Hall–Kier alpha value is -2.73. The van der Waals surface area contributed by atoms with Crippen molar-refractivity contribution < 1.29 is 9.53 Å². The van der Waals surface area contributed by atoms with E-state index >= 15 is 0 Å². The lowest BCUT2D eigenvalue weighted by Gasteiger charge is -2.20. The first-order valence-electron chi connectivity index (χ1n) is 8.73. The Kier molecular flexibility index (Phi) is 7.29. The Morgan fingerprint density at radius 3 is 2.46 bits per heavy atom. The minimum absolute atomic E-state index is 0.261. The Balaban J connectivity index is 2.17. The molecule has 0 bridgehead atoms. The van der Waals surface area contributed by atoms with Crippen molar-refractivity contribution >= 4 is 11.6 Å². The second-order valence-electron chi connectivity index (χ2n) is 5.86. The van der Waals surface area contributed by atoms with Crippen LogP contribution < -0.4 is 10.2 Å². The maximum Gasteiger partial charge on any atom is 0.271 e. The lowest BCUT2D eigenvalue weighted by atomic mass is 10.1. The van der Waals surface area contributed by atoms with Gasteiger partial charge in [0.25, 0.3) is 5.91 Å². The standard InChI is InChI=1S/C20H26N4O2/c1-5-24(6-2)14-18-13-17(7-8-19(18)26-4)15(3)22-23-20(25)16-9-11-21-12-10-16/h7-13H,5-6,14H2,1-4H3,(H,23,25)/b22-15-. The van der Waals surface area contributed by atoms with E-state index in [1.807, 2.05) is 19.1 Å².